The summed E-state index contributed by atoms with van der Waals surface area (Å²) in [5.74, 6) is 0.753. The van der Waals surface area contributed by atoms with Gasteiger partial charge in [0.1, 0.15) is 23.7 Å². The molecule has 0 heterocycles. The van der Waals surface area contributed by atoms with Crippen molar-refractivity contribution < 1.29 is 24.2 Å². The highest BCUT2D eigenvalue weighted by molar-refractivity contribution is 5.99. The summed E-state index contributed by atoms with van der Waals surface area (Å²) in [6.45, 7) is 10.4. The molecule has 7 nitrogen and oxygen atoms in total. The van der Waals surface area contributed by atoms with E-state index in [-0.39, 0.29) is 31.4 Å². The van der Waals surface area contributed by atoms with E-state index in [9.17, 15) is 14.7 Å². The number of hydrogen-bond donors (Lipinski definition) is 1. The van der Waals surface area contributed by atoms with E-state index in [1.54, 1.807) is 32.3 Å². The monoisotopic (exact) mass is 584 g/mol. The molecule has 3 aromatic carbocycles. The molecule has 0 unspecified atom stereocenters. The van der Waals surface area contributed by atoms with Crippen molar-refractivity contribution in [2.45, 2.75) is 46.6 Å². The molecular formula is C36H44N2O5. The highest BCUT2D eigenvalue weighted by Gasteiger charge is 2.22. The van der Waals surface area contributed by atoms with Crippen LogP contribution in [0.3, 0.4) is 0 Å². The Morgan fingerprint density at radius 2 is 1.60 bits per heavy atom. The number of aromatic hydroxyl groups is 1. The highest BCUT2D eigenvalue weighted by Crippen LogP contribution is 2.37. The molecule has 1 N–H and O–H groups in total. The van der Waals surface area contributed by atoms with Crippen molar-refractivity contribution in [3.8, 4) is 11.5 Å². The van der Waals surface area contributed by atoms with E-state index in [0.717, 1.165) is 34.2 Å². The van der Waals surface area contributed by atoms with Gasteiger partial charge < -0.3 is 24.4 Å². The maximum absolute atomic E-state index is 12.8. The van der Waals surface area contributed by atoms with Crippen LogP contribution in [0.2, 0.25) is 0 Å². The topological polar surface area (TPSA) is 79.3 Å². The number of hydrogen-bond acceptors (Lipinski definition) is 5. The Hall–Kier alpha value is -4.52. The lowest BCUT2D eigenvalue weighted by Gasteiger charge is -2.26. The number of aryl methyl sites for hydroxylation is 1. The first-order valence-electron chi connectivity index (χ1n) is 14.6. The first kappa shape index (κ1) is 33.0. The summed E-state index contributed by atoms with van der Waals surface area (Å²) in [7, 11) is 3.35. The number of ether oxygens (including phenoxy) is 2. The van der Waals surface area contributed by atoms with E-state index in [4.69, 9.17) is 9.47 Å². The molecule has 7 heteroatoms. The smallest absolute Gasteiger partial charge is 0.410 e. The van der Waals surface area contributed by atoms with E-state index < -0.39 is 11.7 Å². The number of rotatable bonds is 11. The Bertz CT molecular complexity index is 1430. The average Bonchev–Trinajstić information content (AvgIpc) is 2.95. The van der Waals surface area contributed by atoms with Crippen molar-refractivity contribution >= 4 is 23.1 Å². The Kier molecular flexibility index (Phi) is 11.6. The minimum absolute atomic E-state index is 0.158. The summed E-state index contributed by atoms with van der Waals surface area (Å²) >= 11 is 0. The molecule has 43 heavy (non-hydrogen) atoms. The fourth-order valence-corrected chi connectivity index (χ4v) is 4.59. The van der Waals surface area contributed by atoms with Crippen molar-refractivity contribution in [1.29, 1.82) is 0 Å². The van der Waals surface area contributed by atoms with Gasteiger partial charge in [-0.3, -0.25) is 4.79 Å². The van der Waals surface area contributed by atoms with Crippen LogP contribution < -0.4 is 4.74 Å². The summed E-state index contributed by atoms with van der Waals surface area (Å²) in [6, 6.07) is 23.7. The third kappa shape index (κ3) is 9.77. The normalized spacial score (nSPS) is 12.1. The molecule has 0 aliphatic heterocycles. The van der Waals surface area contributed by atoms with Crippen molar-refractivity contribution in [2.75, 3.05) is 33.8 Å². The van der Waals surface area contributed by atoms with Gasteiger partial charge in [-0.2, -0.15) is 0 Å². The zero-order valence-corrected chi connectivity index (χ0v) is 26.4. The van der Waals surface area contributed by atoms with Crippen LogP contribution in [-0.4, -0.2) is 66.3 Å². The first-order chi connectivity index (χ1) is 20.4. The molecule has 0 radical (unpaired) electrons. The lowest BCUT2D eigenvalue weighted by atomic mass is 9.86. The molecule has 228 valence electrons. The van der Waals surface area contributed by atoms with Crippen molar-refractivity contribution in [2.24, 2.45) is 0 Å². The minimum Gasteiger partial charge on any atom is -0.508 e. The average molecular weight is 585 g/mol. The molecule has 0 atom stereocenters. The largest absolute Gasteiger partial charge is 0.508 e. The summed E-state index contributed by atoms with van der Waals surface area (Å²) < 4.78 is 11.6. The van der Waals surface area contributed by atoms with Gasteiger partial charge in [-0.1, -0.05) is 61.5 Å². The molecule has 2 amide bonds. The van der Waals surface area contributed by atoms with Gasteiger partial charge in [0.25, 0.3) is 0 Å². The van der Waals surface area contributed by atoms with Crippen molar-refractivity contribution in [3.05, 3.63) is 107 Å². The van der Waals surface area contributed by atoms with Crippen LogP contribution in [-0.2, 0) is 9.53 Å². The van der Waals surface area contributed by atoms with Gasteiger partial charge in [-0.25, -0.2) is 4.79 Å². The zero-order valence-electron chi connectivity index (χ0n) is 26.4. The van der Waals surface area contributed by atoms with Gasteiger partial charge in [-0.15, -0.1) is 0 Å². The molecule has 3 rings (SSSR count). The molecule has 0 saturated carbocycles. The second-order valence-corrected chi connectivity index (χ2v) is 11.5. The Morgan fingerprint density at radius 3 is 2.19 bits per heavy atom. The number of likely N-dealkylation sites (N-methyl/N-ethyl adjacent to an activating group) is 1. The van der Waals surface area contributed by atoms with Crippen molar-refractivity contribution in [3.63, 3.8) is 0 Å². The second kappa shape index (κ2) is 15.1. The van der Waals surface area contributed by atoms with Gasteiger partial charge in [0.2, 0.25) is 5.91 Å². The van der Waals surface area contributed by atoms with Crippen molar-refractivity contribution in [1.82, 2.24) is 9.80 Å². The van der Waals surface area contributed by atoms with Gasteiger partial charge >= 0.3 is 6.09 Å². The number of benzene rings is 3. The number of allylic oxidation sites excluding steroid dienone is 1. The van der Waals surface area contributed by atoms with Gasteiger partial charge in [0.05, 0.1) is 6.54 Å². The predicted molar refractivity (Wildman–Crippen MR) is 173 cm³/mol. The lowest BCUT2D eigenvalue weighted by molar-refractivity contribution is -0.123. The lowest BCUT2D eigenvalue weighted by Crippen LogP contribution is -2.39. The summed E-state index contributed by atoms with van der Waals surface area (Å²) in [5.41, 5.74) is 5.89. The van der Waals surface area contributed by atoms with Crippen LogP contribution in [0.15, 0.2) is 84.9 Å². The standard InChI is InChI=1S/C36H44N2O5/c1-8-31(27-13-10-9-11-14-27)34(32-21-18-29(39)25-26(32)2)28-16-19-30(20-17-28)42-24-23-38(35(41)43-36(3,4)5)22-12-15-33(40)37(6)7/h9-21,25,39H,8,22-24H2,1-7H3/b15-12+,34-31+. The molecule has 3 aromatic rings. The number of phenolic OH excluding ortho intramolecular Hbond substituents is 1. The zero-order chi connectivity index (χ0) is 31.6. The summed E-state index contributed by atoms with van der Waals surface area (Å²) in [5, 5.41) is 10.1. The fourth-order valence-electron chi connectivity index (χ4n) is 4.59. The summed E-state index contributed by atoms with van der Waals surface area (Å²) in [4.78, 5) is 27.7. The van der Waals surface area contributed by atoms with Crippen LogP contribution in [0.25, 0.3) is 11.1 Å². The van der Waals surface area contributed by atoms with Gasteiger partial charge in [-0.05, 0) is 91.8 Å². The number of nitrogens with zero attached hydrogens (tertiary/aromatic N) is 2. The van der Waals surface area contributed by atoms with Crippen LogP contribution >= 0.6 is 0 Å². The van der Waals surface area contributed by atoms with E-state index >= 15 is 0 Å². The second-order valence-electron chi connectivity index (χ2n) is 11.5. The van der Waals surface area contributed by atoms with Gasteiger partial charge in [0, 0.05) is 26.7 Å². The molecule has 0 aromatic heterocycles. The molecule has 0 spiro atoms. The Morgan fingerprint density at radius 1 is 0.930 bits per heavy atom. The molecule has 0 aliphatic carbocycles. The third-order valence-corrected chi connectivity index (χ3v) is 6.71. The van der Waals surface area contributed by atoms with Gasteiger partial charge in [0.15, 0.2) is 0 Å². The highest BCUT2D eigenvalue weighted by atomic mass is 16.6. The fraction of sp³-hybridized carbons (Fsp3) is 0.333. The van der Waals surface area contributed by atoms with Crippen LogP contribution in [0.4, 0.5) is 4.79 Å². The van der Waals surface area contributed by atoms with E-state index in [1.807, 2.05) is 76.2 Å². The van der Waals surface area contributed by atoms with E-state index in [1.165, 1.54) is 21.4 Å². The van der Waals surface area contributed by atoms with E-state index in [0.29, 0.717) is 5.75 Å². The summed E-state index contributed by atoms with van der Waals surface area (Å²) in [6.07, 6.45) is 3.45. The number of carbonyl (C=O) groups excluding carboxylic acids is 2. The first-order valence-corrected chi connectivity index (χ1v) is 14.6. The molecule has 0 aliphatic rings. The van der Waals surface area contributed by atoms with Crippen LogP contribution in [0.1, 0.15) is 56.4 Å². The minimum atomic E-state index is -0.645. The molecule has 0 saturated heterocycles. The third-order valence-electron chi connectivity index (χ3n) is 6.71. The maximum atomic E-state index is 12.8. The molecular weight excluding hydrogens is 540 g/mol. The molecule has 0 bridgehead atoms. The van der Waals surface area contributed by atoms with E-state index in [2.05, 4.69) is 19.1 Å². The SMILES string of the molecule is CC/C(=C(/c1ccc(OCCN(C/C=C/C(=O)N(C)C)C(=O)OC(C)(C)C)cc1)c1ccc(O)cc1C)c1ccccc1. The Balaban J connectivity index is 1.83. The number of amides is 2. The van der Waals surface area contributed by atoms with Crippen LogP contribution in [0, 0.1) is 6.92 Å². The molecule has 0 fully saturated rings. The maximum Gasteiger partial charge on any atom is 0.410 e. The quantitative estimate of drug-likeness (QED) is 0.189. The van der Waals surface area contributed by atoms with Crippen LogP contribution in [0.5, 0.6) is 11.5 Å². The Labute approximate surface area is 256 Å². The number of carbonyl (C=O) groups is 2. The number of phenols is 1. The predicted octanol–water partition coefficient (Wildman–Crippen LogP) is 7.33.